The van der Waals surface area contributed by atoms with Gasteiger partial charge in [0.15, 0.2) is 0 Å². The van der Waals surface area contributed by atoms with Gasteiger partial charge in [-0.15, -0.1) is 11.8 Å². The highest BCUT2D eigenvalue weighted by Crippen LogP contribution is 2.30. The fourth-order valence-electron chi connectivity index (χ4n) is 4.33. The minimum absolute atomic E-state index is 0.0171. The zero-order valence-electron chi connectivity index (χ0n) is 17.1. The number of likely N-dealkylation sites (N-methyl/N-ethyl adjacent to an activating group) is 1. The van der Waals surface area contributed by atoms with E-state index in [9.17, 15) is 13.6 Å². The van der Waals surface area contributed by atoms with Crippen molar-refractivity contribution >= 4 is 17.7 Å². The SMILES string of the molecule is CCN1CSC[C@H]1C(=O)N1CCN(C(c2ccc(F)cc2)c2ccc(F)cc2)CC1. The van der Waals surface area contributed by atoms with E-state index in [1.165, 1.54) is 24.3 Å². The summed E-state index contributed by atoms with van der Waals surface area (Å²) in [5.74, 6) is 1.45. The number of rotatable bonds is 5. The smallest absolute Gasteiger partial charge is 0.240 e. The standard InChI is InChI=1S/C23H27F2N3OS/c1-2-26-16-30-15-21(26)23(29)28-13-11-27(12-14-28)22(17-3-7-19(24)8-4-17)18-5-9-20(25)10-6-18/h3-10,21-22H,2,11-16H2,1H3/t21-/m0/s1. The average molecular weight is 432 g/mol. The molecule has 2 aliphatic rings. The molecule has 0 unspecified atom stereocenters. The summed E-state index contributed by atoms with van der Waals surface area (Å²) >= 11 is 1.82. The highest BCUT2D eigenvalue weighted by Gasteiger charge is 2.35. The third kappa shape index (κ3) is 4.53. The predicted molar refractivity (Wildman–Crippen MR) is 116 cm³/mol. The van der Waals surface area contributed by atoms with E-state index in [0.717, 1.165) is 42.4 Å². The van der Waals surface area contributed by atoms with Crippen LogP contribution in [0.4, 0.5) is 8.78 Å². The molecule has 2 aromatic carbocycles. The van der Waals surface area contributed by atoms with Crippen molar-refractivity contribution in [2.24, 2.45) is 0 Å². The van der Waals surface area contributed by atoms with Crippen LogP contribution >= 0.6 is 11.8 Å². The van der Waals surface area contributed by atoms with Crippen molar-refractivity contribution in [3.05, 3.63) is 71.3 Å². The van der Waals surface area contributed by atoms with E-state index in [1.807, 2.05) is 16.7 Å². The Hall–Kier alpha value is -1.96. The number of hydrogen-bond donors (Lipinski definition) is 0. The quantitative estimate of drug-likeness (QED) is 0.723. The Bertz CT molecular complexity index is 808. The largest absolute Gasteiger partial charge is 0.339 e. The van der Waals surface area contributed by atoms with Gasteiger partial charge in [0.05, 0.1) is 12.1 Å². The second-order valence-electron chi connectivity index (χ2n) is 7.79. The van der Waals surface area contributed by atoms with Crippen LogP contribution in [0.25, 0.3) is 0 Å². The van der Waals surface area contributed by atoms with Crippen molar-refractivity contribution in [2.75, 3.05) is 44.4 Å². The van der Waals surface area contributed by atoms with E-state index in [1.54, 1.807) is 24.3 Å². The van der Waals surface area contributed by atoms with E-state index >= 15 is 0 Å². The number of amides is 1. The minimum Gasteiger partial charge on any atom is -0.339 e. The summed E-state index contributed by atoms with van der Waals surface area (Å²) in [6.45, 7) is 5.75. The maximum Gasteiger partial charge on any atom is 0.240 e. The molecular formula is C23H27F2N3OS. The molecule has 2 saturated heterocycles. The number of piperazine rings is 1. The summed E-state index contributed by atoms with van der Waals surface area (Å²) in [6, 6.07) is 12.9. The van der Waals surface area contributed by atoms with Gasteiger partial charge in [0.1, 0.15) is 11.6 Å². The van der Waals surface area contributed by atoms with Crippen molar-refractivity contribution in [1.82, 2.24) is 14.7 Å². The molecule has 4 rings (SSSR count). The van der Waals surface area contributed by atoms with Gasteiger partial charge in [0, 0.05) is 37.8 Å². The lowest BCUT2D eigenvalue weighted by atomic mass is 9.96. The fraction of sp³-hybridized carbons (Fsp3) is 0.435. The van der Waals surface area contributed by atoms with Crippen LogP contribution in [0.5, 0.6) is 0 Å². The molecule has 0 aromatic heterocycles. The molecule has 0 N–H and O–H groups in total. The summed E-state index contributed by atoms with van der Waals surface area (Å²) in [6.07, 6.45) is 0. The molecule has 2 aliphatic heterocycles. The summed E-state index contributed by atoms with van der Waals surface area (Å²) in [4.78, 5) is 19.5. The van der Waals surface area contributed by atoms with Crippen LogP contribution < -0.4 is 0 Å². The van der Waals surface area contributed by atoms with Gasteiger partial charge in [-0.1, -0.05) is 31.2 Å². The first-order valence-electron chi connectivity index (χ1n) is 10.4. The number of hydrogen-bond acceptors (Lipinski definition) is 4. The summed E-state index contributed by atoms with van der Waals surface area (Å²) in [5.41, 5.74) is 1.93. The van der Waals surface area contributed by atoms with Crippen molar-refractivity contribution in [1.29, 1.82) is 0 Å². The maximum absolute atomic E-state index is 13.5. The van der Waals surface area contributed by atoms with Gasteiger partial charge in [-0.25, -0.2) is 8.78 Å². The molecule has 160 valence electrons. The van der Waals surface area contributed by atoms with Crippen LogP contribution in [0.1, 0.15) is 24.1 Å². The Morgan fingerprint density at radius 2 is 1.50 bits per heavy atom. The van der Waals surface area contributed by atoms with Crippen LogP contribution in [-0.2, 0) is 4.79 Å². The Balaban J connectivity index is 1.50. The zero-order chi connectivity index (χ0) is 21.1. The highest BCUT2D eigenvalue weighted by atomic mass is 32.2. The molecule has 7 heteroatoms. The molecule has 0 bridgehead atoms. The third-order valence-electron chi connectivity index (χ3n) is 6.03. The molecule has 30 heavy (non-hydrogen) atoms. The van der Waals surface area contributed by atoms with Crippen LogP contribution in [0, 0.1) is 11.6 Å². The average Bonchev–Trinajstić information content (AvgIpc) is 3.25. The number of carbonyl (C=O) groups is 1. The zero-order valence-corrected chi connectivity index (χ0v) is 18.0. The van der Waals surface area contributed by atoms with Gasteiger partial charge in [-0.05, 0) is 41.9 Å². The van der Waals surface area contributed by atoms with E-state index in [2.05, 4.69) is 16.7 Å². The number of halogens is 2. The molecule has 0 radical (unpaired) electrons. The number of benzene rings is 2. The van der Waals surface area contributed by atoms with Crippen molar-refractivity contribution in [2.45, 2.75) is 19.0 Å². The molecule has 1 amide bonds. The van der Waals surface area contributed by atoms with E-state index in [-0.39, 0.29) is 29.6 Å². The van der Waals surface area contributed by atoms with E-state index in [4.69, 9.17) is 0 Å². The lowest BCUT2D eigenvalue weighted by Crippen LogP contribution is -2.54. The number of thioether (sulfide) groups is 1. The van der Waals surface area contributed by atoms with Gasteiger partial charge in [-0.3, -0.25) is 14.6 Å². The lowest BCUT2D eigenvalue weighted by Gasteiger charge is -2.41. The van der Waals surface area contributed by atoms with Crippen molar-refractivity contribution < 1.29 is 13.6 Å². The van der Waals surface area contributed by atoms with Crippen LogP contribution in [0.15, 0.2) is 48.5 Å². The third-order valence-corrected chi connectivity index (χ3v) is 7.09. The second kappa shape index (κ2) is 9.45. The fourth-order valence-corrected chi connectivity index (χ4v) is 5.61. The summed E-state index contributed by atoms with van der Waals surface area (Å²) in [5, 5.41) is 0. The first-order valence-corrected chi connectivity index (χ1v) is 11.6. The van der Waals surface area contributed by atoms with Crippen molar-refractivity contribution in [3.63, 3.8) is 0 Å². The Labute approximate surface area is 180 Å². The van der Waals surface area contributed by atoms with Crippen LogP contribution in [-0.4, -0.2) is 71.0 Å². The van der Waals surface area contributed by atoms with E-state index in [0.29, 0.717) is 13.1 Å². The predicted octanol–water partition coefficient (Wildman–Crippen LogP) is 3.59. The maximum atomic E-state index is 13.5. The first-order chi connectivity index (χ1) is 14.6. The van der Waals surface area contributed by atoms with Crippen LogP contribution in [0.3, 0.4) is 0 Å². The Morgan fingerprint density at radius 3 is 2.00 bits per heavy atom. The first kappa shape index (κ1) is 21.3. The minimum atomic E-state index is -0.276. The Kier molecular flexibility index (Phi) is 6.71. The van der Waals surface area contributed by atoms with Gasteiger partial charge in [0.25, 0.3) is 0 Å². The molecule has 2 heterocycles. The second-order valence-corrected chi connectivity index (χ2v) is 8.79. The number of carbonyl (C=O) groups excluding carboxylic acids is 1. The van der Waals surface area contributed by atoms with Crippen molar-refractivity contribution in [3.8, 4) is 0 Å². The Morgan fingerprint density at radius 1 is 0.967 bits per heavy atom. The highest BCUT2D eigenvalue weighted by molar-refractivity contribution is 7.99. The number of nitrogens with zero attached hydrogens (tertiary/aromatic N) is 3. The molecule has 0 saturated carbocycles. The lowest BCUT2D eigenvalue weighted by molar-refractivity contribution is -0.137. The van der Waals surface area contributed by atoms with Gasteiger partial charge < -0.3 is 4.90 Å². The molecule has 2 aromatic rings. The molecule has 4 nitrogen and oxygen atoms in total. The monoisotopic (exact) mass is 431 g/mol. The normalized spacial score (nSPS) is 20.8. The van der Waals surface area contributed by atoms with Gasteiger partial charge in [0.2, 0.25) is 5.91 Å². The van der Waals surface area contributed by atoms with Gasteiger partial charge in [-0.2, -0.15) is 0 Å². The molecule has 0 spiro atoms. The van der Waals surface area contributed by atoms with Gasteiger partial charge >= 0.3 is 0 Å². The van der Waals surface area contributed by atoms with E-state index < -0.39 is 0 Å². The van der Waals surface area contributed by atoms with Crippen LogP contribution in [0.2, 0.25) is 0 Å². The summed E-state index contributed by atoms with van der Waals surface area (Å²) < 4.78 is 27.0. The molecule has 1 atom stereocenters. The molecular weight excluding hydrogens is 404 g/mol. The topological polar surface area (TPSA) is 26.8 Å². The molecule has 2 fully saturated rings. The molecule has 0 aliphatic carbocycles. The summed E-state index contributed by atoms with van der Waals surface area (Å²) in [7, 11) is 0.